The molecule has 0 heterocycles. The lowest BCUT2D eigenvalue weighted by Gasteiger charge is -2.34. The minimum absolute atomic E-state index is 0.0311. The summed E-state index contributed by atoms with van der Waals surface area (Å²) in [5.41, 5.74) is 1.89. The number of halogens is 1. The quantitative estimate of drug-likeness (QED) is 0.183. The highest BCUT2D eigenvalue weighted by Crippen LogP contribution is 2.27. The fourth-order valence-corrected chi connectivity index (χ4v) is 7.31. The molecule has 46 heavy (non-hydrogen) atoms. The van der Waals surface area contributed by atoms with Crippen molar-refractivity contribution in [3.05, 3.63) is 125 Å². The molecule has 1 aliphatic rings. The zero-order valence-corrected chi connectivity index (χ0v) is 27.3. The van der Waals surface area contributed by atoms with E-state index in [2.05, 4.69) is 5.32 Å². The molecule has 10 heteroatoms. The first-order valence-electron chi connectivity index (χ1n) is 15.3. The third kappa shape index (κ3) is 8.27. The number of nitrogens with one attached hydrogen (secondary N) is 1. The molecule has 1 N–H and O–H groups in total. The Morgan fingerprint density at radius 1 is 0.870 bits per heavy atom. The van der Waals surface area contributed by atoms with Crippen LogP contribution >= 0.6 is 11.6 Å². The van der Waals surface area contributed by atoms with Gasteiger partial charge in [0.15, 0.2) is 0 Å². The molecule has 1 fully saturated rings. The number of amides is 2. The number of rotatable bonds is 13. The van der Waals surface area contributed by atoms with E-state index < -0.39 is 28.5 Å². The summed E-state index contributed by atoms with van der Waals surface area (Å²) in [6.07, 6.45) is 4.09. The molecule has 0 spiro atoms. The van der Waals surface area contributed by atoms with Gasteiger partial charge < -0.3 is 15.0 Å². The SMILES string of the molecule is COc1cccc(CN(C(=O)CN(c2ccc(Cl)cc2)S(=O)(=O)c2ccccc2)[C@@H](Cc2ccccc2)C(=O)NC2CCCC2)c1. The maximum Gasteiger partial charge on any atom is 0.264 e. The maximum absolute atomic E-state index is 14.6. The minimum Gasteiger partial charge on any atom is -0.497 e. The Labute approximate surface area is 276 Å². The van der Waals surface area contributed by atoms with Crippen molar-refractivity contribution >= 4 is 39.1 Å². The normalized spacial score (nSPS) is 14.0. The third-order valence-corrected chi connectivity index (χ3v) is 10.2. The van der Waals surface area contributed by atoms with E-state index in [4.69, 9.17) is 16.3 Å². The van der Waals surface area contributed by atoms with Gasteiger partial charge in [-0.2, -0.15) is 0 Å². The standard InChI is InChI=1S/C36H38ClN3O5S/c1-45-32-16-10-13-28(23-32)25-39(34(24-27-11-4-2-5-12-27)36(42)38-30-14-8-9-15-30)35(41)26-40(31-21-19-29(37)20-22-31)46(43,44)33-17-6-3-7-18-33/h2-7,10-13,16-23,30,34H,8-9,14-15,24-26H2,1H3,(H,38,42)/t34-/m0/s1. The lowest BCUT2D eigenvalue weighted by atomic mass is 10.0. The van der Waals surface area contributed by atoms with Crippen molar-refractivity contribution in [1.29, 1.82) is 0 Å². The average molecular weight is 660 g/mol. The highest BCUT2D eigenvalue weighted by atomic mass is 35.5. The first-order valence-corrected chi connectivity index (χ1v) is 17.2. The van der Waals surface area contributed by atoms with Crippen LogP contribution in [0.4, 0.5) is 5.69 Å². The molecule has 4 aromatic carbocycles. The van der Waals surface area contributed by atoms with Gasteiger partial charge in [-0.3, -0.25) is 13.9 Å². The molecule has 0 radical (unpaired) electrons. The summed E-state index contributed by atoms with van der Waals surface area (Å²) >= 11 is 6.14. The van der Waals surface area contributed by atoms with Crippen LogP contribution in [0, 0.1) is 0 Å². The Morgan fingerprint density at radius 3 is 2.15 bits per heavy atom. The number of benzene rings is 4. The zero-order valence-electron chi connectivity index (χ0n) is 25.7. The Balaban J connectivity index is 1.56. The topological polar surface area (TPSA) is 96.0 Å². The molecule has 1 aliphatic carbocycles. The van der Waals surface area contributed by atoms with E-state index in [1.807, 2.05) is 48.5 Å². The van der Waals surface area contributed by atoms with Crippen LogP contribution in [0.5, 0.6) is 5.75 Å². The molecule has 0 saturated heterocycles. The summed E-state index contributed by atoms with van der Waals surface area (Å²) in [6.45, 7) is -0.476. The monoisotopic (exact) mass is 659 g/mol. The van der Waals surface area contributed by atoms with Crippen molar-refractivity contribution < 1.29 is 22.7 Å². The molecule has 1 atom stereocenters. The summed E-state index contributed by atoms with van der Waals surface area (Å²) in [6, 6.07) is 30.2. The highest BCUT2D eigenvalue weighted by Gasteiger charge is 2.35. The summed E-state index contributed by atoms with van der Waals surface area (Å²) in [5, 5.41) is 3.62. The molecule has 5 rings (SSSR count). The lowest BCUT2D eigenvalue weighted by molar-refractivity contribution is -0.140. The number of anilines is 1. The number of ether oxygens (including phenoxy) is 1. The Morgan fingerprint density at radius 2 is 1.50 bits per heavy atom. The first kappa shape index (κ1) is 33.0. The largest absolute Gasteiger partial charge is 0.497 e. The molecular weight excluding hydrogens is 622 g/mol. The average Bonchev–Trinajstić information content (AvgIpc) is 3.59. The van der Waals surface area contributed by atoms with Gasteiger partial charge in [0.05, 0.1) is 17.7 Å². The molecule has 4 aromatic rings. The first-order chi connectivity index (χ1) is 22.2. The number of nitrogens with zero attached hydrogens (tertiary/aromatic N) is 2. The van der Waals surface area contributed by atoms with Gasteiger partial charge in [0.2, 0.25) is 11.8 Å². The molecule has 0 bridgehead atoms. The minimum atomic E-state index is -4.18. The van der Waals surface area contributed by atoms with E-state index in [0.29, 0.717) is 10.8 Å². The van der Waals surface area contributed by atoms with E-state index in [0.717, 1.165) is 41.1 Å². The number of sulfonamides is 1. The number of hydrogen-bond donors (Lipinski definition) is 1. The number of carbonyl (C=O) groups excluding carboxylic acids is 2. The van der Waals surface area contributed by atoms with E-state index >= 15 is 0 Å². The van der Waals surface area contributed by atoms with Crippen LogP contribution < -0.4 is 14.4 Å². The van der Waals surface area contributed by atoms with Gasteiger partial charge in [0, 0.05) is 24.0 Å². The summed E-state index contributed by atoms with van der Waals surface area (Å²) < 4.78 is 34.6. The van der Waals surface area contributed by atoms with Gasteiger partial charge in [0.25, 0.3) is 10.0 Å². The van der Waals surface area contributed by atoms with Gasteiger partial charge in [-0.1, -0.05) is 85.1 Å². The van der Waals surface area contributed by atoms with Crippen molar-refractivity contribution in [1.82, 2.24) is 10.2 Å². The Kier molecular flexibility index (Phi) is 11.0. The van der Waals surface area contributed by atoms with Crippen LogP contribution in [0.25, 0.3) is 0 Å². The van der Waals surface area contributed by atoms with Crippen LogP contribution in [0.1, 0.15) is 36.8 Å². The number of methoxy groups -OCH3 is 1. The van der Waals surface area contributed by atoms with E-state index in [1.165, 1.54) is 17.0 Å². The van der Waals surface area contributed by atoms with Crippen molar-refractivity contribution in [3.8, 4) is 5.75 Å². The van der Waals surface area contributed by atoms with E-state index in [-0.39, 0.29) is 35.5 Å². The van der Waals surface area contributed by atoms with Crippen molar-refractivity contribution in [2.45, 2.75) is 55.6 Å². The van der Waals surface area contributed by atoms with Crippen LogP contribution in [0.15, 0.2) is 114 Å². The number of carbonyl (C=O) groups is 2. The van der Waals surface area contributed by atoms with Crippen molar-refractivity contribution in [2.75, 3.05) is 18.0 Å². The second-order valence-corrected chi connectivity index (χ2v) is 13.7. The maximum atomic E-state index is 14.6. The van der Waals surface area contributed by atoms with Gasteiger partial charge in [0.1, 0.15) is 18.3 Å². The lowest BCUT2D eigenvalue weighted by Crippen LogP contribution is -2.54. The molecule has 2 amide bonds. The van der Waals surface area contributed by atoms with Crippen LogP contribution in [0.3, 0.4) is 0 Å². The smallest absolute Gasteiger partial charge is 0.264 e. The highest BCUT2D eigenvalue weighted by molar-refractivity contribution is 7.92. The van der Waals surface area contributed by atoms with Gasteiger partial charge in [-0.05, 0) is 72.5 Å². The summed E-state index contributed by atoms with van der Waals surface area (Å²) in [7, 11) is -2.62. The van der Waals surface area contributed by atoms with Gasteiger partial charge in [-0.15, -0.1) is 0 Å². The number of hydrogen-bond acceptors (Lipinski definition) is 5. The predicted octanol–water partition coefficient (Wildman–Crippen LogP) is 6.24. The molecular formula is C36H38ClN3O5S. The van der Waals surface area contributed by atoms with Gasteiger partial charge in [-0.25, -0.2) is 8.42 Å². The Hall–Kier alpha value is -4.34. The Bertz CT molecular complexity index is 1710. The summed E-state index contributed by atoms with van der Waals surface area (Å²) in [5.74, 6) is -0.190. The fourth-order valence-electron chi connectivity index (χ4n) is 5.74. The molecule has 1 saturated carbocycles. The van der Waals surface area contributed by atoms with Crippen LogP contribution in [0.2, 0.25) is 5.02 Å². The van der Waals surface area contributed by atoms with E-state index in [1.54, 1.807) is 55.6 Å². The molecule has 0 unspecified atom stereocenters. The molecule has 0 aliphatic heterocycles. The van der Waals surface area contributed by atoms with Crippen molar-refractivity contribution in [2.24, 2.45) is 0 Å². The molecule has 8 nitrogen and oxygen atoms in total. The van der Waals surface area contributed by atoms with Gasteiger partial charge >= 0.3 is 0 Å². The third-order valence-electron chi connectivity index (χ3n) is 8.18. The van der Waals surface area contributed by atoms with Crippen LogP contribution in [-0.4, -0.2) is 50.9 Å². The van der Waals surface area contributed by atoms with Crippen molar-refractivity contribution in [3.63, 3.8) is 0 Å². The summed E-state index contributed by atoms with van der Waals surface area (Å²) in [4.78, 5) is 30.2. The zero-order chi connectivity index (χ0) is 32.5. The predicted molar refractivity (Wildman–Crippen MR) is 180 cm³/mol. The van der Waals surface area contributed by atoms with E-state index in [9.17, 15) is 18.0 Å². The second kappa shape index (κ2) is 15.3. The fraction of sp³-hybridized carbons (Fsp3) is 0.278. The second-order valence-electron chi connectivity index (χ2n) is 11.4. The van der Waals surface area contributed by atoms with Crippen LogP contribution in [-0.2, 0) is 32.6 Å². The molecule has 0 aromatic heterocycles. The molecule has 240 valence electrons.